The van der Waals surface area contributed by atoms with Crippen LogP contribution in [0.3, 0.4) is 0 Å². The lowest BCUT2D eigenvalue weighted by Crippen LogP contribution is -2.65. The number of aliphatic hydroxyl groups excluding tert-OH is 8. The molecule has 14 nitrogen and oxygen atoms in total. The summed E-state index contributed by atoms with van der Waals surface area (Å²) < 4.78 is 22.8. The topological polar surface area (TPSA) is 228 Å². The Morgan fingerprint density at radius 3 is 1.20 bits per heavy atom. The zero-order chi connectivity index (χ0) is 51.7. The van der Waals surface area contributed by atoms with Crippen LogP contribution in [0.5, 0.6) is 0 Å². The number of amides is 1. The van der Waals surface area contributed by atoms with Crippen LogP contribution in [-0.4, -0.2) is 140 Å². The van der Waals surface area contributed by atoms with E-state index < -0.39 is 86.8 Å². The van der Waals surface area contributed by atoms with Gasteiger partial charge in [-0.25, -0.2) is 0 Å². The van der Waals surface area contributed by atoms with Crippen molar-refractivity contribution in [2.45, 2.75) is 338 Å². The summed E-state index contributed by atoms with van der Waals surface area (Å²) in [5.41, 5.74) is 0. The molecule has 2 heterocycles. The van der Waals surface area contributed by atoms with Gasteiger partial charge in [-0.2, -0.15) is 0 Å². The molecule has 0 radical (unpaired) electrons. The molecule has 0 aliphatic carbocycles. The summed E-state index contributed by atoms with van der Waals surface area (Å²) in [6, 6.07) is -0.821. The standard InChI is InChI=1S/C57H111NO13/c1-3-5-7-9-11-13-15-16-17-18-19-20-21-22-23-24-25-26-27-28-29-31-33-35-37-39-41-49(62)58-45(46(61)40-38-36-34-32-30-14-12-10-8-6-4-2)44-68-56-54(67)52(65)55(48(43-60)70-56)71-57-53(66)51(64)50(63)47(42-59)69-57/h45-48,50-57,59-61,63-67H,3-44H2,1-2H3,(H,58,62). The average Bonchev–Trinajstić information content (AvgIpc) is 3.37. The Kier molecular flexibility index (Phi) is 41.1. The summed E-state index contributed by atoms with van der Waals surface area (Å²) in [6.07, 6.45) is 31.2. The van der Waals surface area contributed by atoms with Crippen LogP contribution < -0.4 is 5.32 Å². The molecular formula is C57H111NO13. The second-order valence-corrected chi connectivity index (χ2v) is 21.5. The zero-order valence-electron chi connectivity index (χ0n) is 45.2. The largest absolute Gasteiger partial charge is 0.394 e. The van der Waals surface area contributed by atoms with Crippen LogP contribution in [0.1, 0.15) is 264 Å². The Balaban J connectivity index is 1.67. The first-order chi connectivity index (χ1) is 34.6. The van der Waals surface area contributed by atoms with E-state index in [1.165, 1.54) is 186 Å². The highest BCUT2D eigenvalue weighted by Crippen LogP contribution is 2.30. The zero-order valence-corrected chi connectivity index (χ0v) is 45.2. The van der Waals surface area contributed by atoms with E-state index in [0.717, 1.165) is 51.4 Å². The molecule has 2 saturated heterocycles. The molecule has 2 aliphatic heterocycles. The van der Waals surface area contributed by atoms with Crippen LogP contribution in [0.15, 0.2) is 0 Å². The number of unbranched alkanes of at least 4 members (excludes halogenated alkanes) is 35. The van der Waals surface area contributed by atoms with Crippen molar-refractivity contribution in [2.24, 2.45) is 0 Å². The van der Waals surface area contributed by atoms with Gasteiger partial charge in [0.25, 0.3) is 0 Å². The highest BCUT2D eigenvalue weighted by atomic mass is 16.7. The minimum absolute atomic E-state index is 0.202. The van der Waals surface area contributed by atoms with Crippen molar-refractivity contribution in [3.05, 3.63) is 0 Å². The van der Waals surface area contributed by atoms with Crippen molar-refractivity contribution < 1.29 is 64.6 Å². The molecule has 12 atom stereocenters. The van der Waals surface area contributed by atoms with Gasteiger partial charge in [-0.1, -0.05) is 245 Å². The smallest absolute Gasteiger partial charge is 0.220 e. The predicted molar refractivity (Wildman–Crippen MR) is 282 cm³/mol. The summed E-state index contributed by atoms with van der Waals surface area (Å²) in [6.45, 7) is 2.87. The summed E-state index contributed by atoms with van der Waals surface area (Å²) in [7, 11) is 0. The summed E-state index contributed by atoms with van der Waals surface area (Å²) >= 11 is 0. The third kappa shape index (κ3) is 30.4. The second-order valence-electron chi connectivity index (χ2n) is 21.5. The highest BCUT2D eigenvalue weighted by Gasteiger charge is 2.51. The predicted octanol–water partition coefficient (Wildman–Crippen LogP) is 9.73. The van der Waals surface area contributed by atoms with Gasteiger partial charge in [0.15, 0.2) is 12.6 Å². The van der Waals surface area contributed by atoms with Gasteiger partial charge in [-0.3, -0.25) is 4.79 Å². The van der Waals surface area contributed by atoms with Gasteiger partial charge in [0.2, 0.25) is 5.91 Å². The molecule has 2 fully saturated rings. The maximum absolute atomic E-state index is 13.2. The van der Waals surface area contributed by atoms with Gasteiger partial charge in [0.1, 0.15) is 48.8 Å². The molecule has 0 bridgehead atoms. The highest BCUT2D eigenvalue weighted by molar-refractivity contribution is 5.76. The Morgan fingerprint density at radius 2 is 0.803 bits per heavy atom. The van der Waals surface area contributed by atoms with Gasteiger partial charge < -0.3 is 65.1 Å². The third-order valence-electron chi connectivity index (χ3n) is 15.1. The third-order valence-corrected chi connectivity index (χ3v) is 15.1. The minimum atomic E-state index is -1.78. The number of carbonyl (C=O) groups excluding carboxylic acids is 1. The summed E-state index contributed by atoms with van der Waals surface area (Å²) in [5, 5.41) is 87.0. The summed E-state index contributed by atoms with van der Waals surface area (Å²) in [5.74, 6) is -0.202. The van der Waals surface area contributed by atoms with E-state index in [-0.39, 0.29) is 12.5 Å². The van der Waals surface area contributed by atoms with E-state index in [4.69, 9.17) is 18.9 Å². The van der Waals surface area contributed by atoms with E-state index in [0.29, 0.717) is 12.8 Å². The number of hydrogen-bond donors (Lipinski definition) is 9. The molecule has 0 spiro atoms. The van der Waals surface area contributed by atoms with E-state index in [9.17, 15) is 45.6 Å². The van der Waals surface area contributed by atoms with Gasteiger partial charge in [-0.15, -0.1) is 0 Å². The van der Waals surface area contributed by atoms with Gasteiger partial charge >= 0.3 is 0 Å². The average molecular weight is 1020 g/mol. The fourth-order valence-corrected chi connectivity index (χ4v) is 10.2. The SMILES string of the molecule is CCCCCCCCCCCCCCCCCCCCCCCCCCCCC(=O)NC(COC1OC(CO)C(OC2OC(CO)C(O)C(O)C2O)C(O)C1O)C(O)CCCCCCCCCCCCC. The first kappa shape index (κ1) is 66.1. The molecular weight excluding hydrogens is 907 g/mol. The Bertz CT molecular complexity index is 1200. The number of nitrogens with one attached hydrogen (secondary N) is 1. The molecule has 1 amide bonds. The Hall–Kier alpha value is -1.01. The number of rotatable bonds is 48. The van der Waals surface area contributed by atoms with Crippen molar-refractivity contribution in [1.82, 2.24) is 5.32 Å². The molecule has 422 valence electrons. The lowest BCUT2D eigenvalue weighted by Gasteiger charge is -2.46. The molecule has 0 aromatic heterocycles. The molecule has 14 heteroatoms. The number of aliphatic hydroxyl groups is 8. The molecule has 71 heavy (non-hydrogen) atoms. The monoisotopic (exact) mass is 1020 g/mol. The first-order valence-corrected chi connectivity index (χ1v) is 29.8. The van der Waals surface area contributed by atoms with Crippen molar-refractivity contribution in [3.8, 4) is 0 Å². The van der Waals surface area contributed by atoms with E-state index in [1.807, 2.05) is 0 Å². The maximum atomic E-state index is 13.2. The molecule has 0 saturated carbocycles. The fraction of sp³-hybridized carbons (Fsp3) is 0.982. The van der Waals surface area contributed by atoms with Crippen molar-refractivity contribution in [1.29, 1.82) is 0 Å². The lowest BCUT2D eigenvalue weighted by atomic mass is 9.97. The minimum Gasteiger partial charge on any atom is -0.394 e. The van der Waals surface area contributed by atoms with Crippen LogP contribution in [-0.2, 0) is 23.7 Å². The summed E-state index contributed by atoms with van der Waals surface area (Å²) in [4.78, 5) is 13.2. The van der Waals surface area contributed by atoms with Crippen molar-refractivity contribution >= 4 is 5.91 Å². The maximum Gasteiger partial charge on any atom is 0.220 e. The first-order valence-electron chi connectivity index (χ1n) is 29.8. The second kappa shape index (κ2) is 44.2. The molecule has 0 aromatic carbocycles. The van der Waals surface area contributed by atoms with E-state index in [1.54, 1.807) is 0 Å². The van der Waals surface area contributed by atoms with E-state index >= 15 is 0 Å². The number of carbonyl (C=O) groups is 1. The normalized spacial score (nSPS) is 25.7. The van der Waals surface area contributed by atoms with Crippen LogP contribution >= 0.6 is 0 Å². The lowest BCUT2D eigenvalue weighted by molar-refractivity contribution is -0.359. The molecule has 12 unspecified atom stereocenters. The van der Waals surface area contributed by atoms with Crippen LogP contribution in [0.4, 0.5) is 0 Å². The number of hydrogen-bond acceptors (Lipinski definition) is 13. The van der Waals surface area contributed by atoms with E-state index in [2.05, 4.69) is 19.2 Å². The Labute approximate surface area is 432 Å². The number of ether oxygens (including phenoxy) is 4. The molecule has 9 N–H and O–H groups in total. The fourth-order valence-electron chi connectivity index (χ4n) is 10.2. The van der Waals surface area contributed by atoms with Crippen molar-refractivity contribution in [3.63, 3.8) is 0 Å². The van der Waals surface area contributed by atoms with Gasteiger partial charge in [0.05, 0.1) is 32.0 Å². The quantitative estimate of drug-likeness (QED) is 0.0259. The molecule has 2 aliphatic rings. The Morgan fingerprint density at radius 1 is 0.451 bits per heavy atom. The molecule has 2 rings (SSSR count). The van der Waals surface area contributed by atoms with Crippen LogP contribution in [0.25, 0.3) is 0 Å². The van der Waals surface area contributed by atoms with Gasteiger partial charge in [-0.05, 0) is 12.8 Å². The van der Waals surface area contributed by atoms with Gasteiger partial charge in [0, 0.05) is 6.42 Å². The van der Waals surface area contributed by atoms with Crippen LogP contribution in [0.2, 0.25) is 0 Å². The van der Waals surface area contributed by atoms with Crippen molar-refractivity contribution in [2.75, 3.05) is 19.8 Å². The van der Waals surface area contributed by atoms with Crippen LogP contribution in [0, 0.1) is 0 Å². The molecule has 0 aromatic rings.